The molecule has 44 heavy (non-hydrogen) atoms. The monoisotopic (exact) mass is 599 g/mol. The van der Waals surface area contributed by atoms with Gasteiger partial charge in [0.1, 0.15) is 5.75 Å². The van der Waals surface area contributed by atoms with Gasteiger partial charge in [-0.1, -0.05) is 30.3 Å². The minimum atomic E-state index is -0.427. The number of pyridine rings is 1. The second kappa shape index (κ2) is 16.2. The van der Waals surface area contributed by atoms with E-state index >= 15 is 0 Å². The van der Waals surface area contributed by atoms with E-state index in [1.165, 1.54) is 13.2 Å². The minimum absolute atomic E-state index is 0.0847. The van der Waals surface area contributed by atoms with Gasteiger partial charge in [0, 0.05) is 42.0 Å². The summed E-state index contributed by atoms with van der Waals surface area (Å²) in [4.78, 5) is 34.8. The van der Waals surface area contributed by atoms with Crippen molar-refractivity contribution in [1.29, 1.82) is 0 Å². The summed E-state index contributed by atoms with van der Waals surface area (Å²) in [6, 6.07) is 19.8. The third-order valence-electron chi connectivity index (χ3n) is 8.08. The van der Waals surface area contributed by atoms with Crippen LogP contribution in [0.15, 0.2) is 66.7 Å². The van der Waals surface area contributed by atoms with E-state index in [1.807, 2.05) is 74.4 Å². The first-order chi connectivity index (χ1) is 21.2. The second-order valence-corrected chi connectivity index (χ2v) is 11.6. The van der Waals surface area contributed by atoms with E-state index < -0.39 is 5.97 Å². The summed E-state index contributed by atoms with van der Waals surface area (Å²) >= 11 is 0. The van der Waals surface area contributed by atoms with Crippen LogP contribution in [0.2, 0.25) is 0 Å². The van der Waals surface area contributed by atoms with Crippen LogP contribution in [0, 0.1) is 12.8 Å². The number of hydrogen-bond donors (Lipinski definition) is 0. The summed E-state index contributed by atoms with van der Waals surface area (Å²) in [5, 5.41) is 0. The Balaban J connectivity index is 1.54. The number of aryl methyl sites for hydroxylation is 1. The number of rotatable bonds is 13. The highest BCUT2D eigenvalue weighted by molar-refractivity contribution is 5.95. The van der Waals surface area contributed by atoms with Gasteiger partial charge in [0.25, 0.3) is 0 Å². The van der Waals surface area contributed by atoms with E-state index in [0.717, 1.165) is 71.7 Å². The van der Waals surface area contributed by atoms with Crippen molar-refractivity contribution in [1.82, 2.24) is 9.88 Å². The first-order valence-corrected chi connectivity index (χ1v) is 15.3. The van der Waals surface area contributed by atoms with Crippen LogP contribution in [0.4, 0.5) is 5.69 Å². The molecule has 8 heteroatoms. The van der Waals surface area contributed by atoms with Crippen LogP contribution in [0.25, 0.3) is 6.08 Å². The molecule has 0 bridgehead atoms. The highest BCUT2D eigenvalue weighted by Gasteiger charge is 2.31. The van der Waals surface area contributed by atoms with Crippen molar-refractivity contribution >= 4 is 23.6 Å². The quantitative estimate of drug-likeness (QED) is 0.180. The SMILES string of the molecule is COC(=O)/C=C/c1cccc(N(Cc2ccc(Cc3cccc(OC)c3)nc2C)C(=O)C2CCC(OCCN(C)C)CC2)c1. The number of ether oxygens (including phenoxy) is 3. The molecular weight excluding hydrogens is 554 g/mol. The highest BCUT2D eigenvalue weighted by Crippen LogP contribution is 2.31. The van der Waals surface area contributed by atoms with Crippen molar-refractivity contribution in [2.45, 2.75) is 51.7 Å². The third-order valence-corrected chi connectivity index (χ3v) is 8.08. The molecule has 234 valence electrons. The fraction of sp³-hybridized carbons (Fsp3) is 0.417. The van der Waals surface area contributed by atoms with Crippen LogP contribution in [0.1, 0.15) is 53.8 Å². The lowest BCUT2D eigenvalue weighted by atomic mass is 9.86. The molecule has 1 amide bonds. The van der Waals surface area contributed by atoms with Gasteiger partial charge < -0.3 is 24.0 Å². The Morgan fingerprint density at radius 1 is 0.977 bits per heavy atom. The average Bonchev–Trinajstić information content (AvgIpc) is 3.03. The number of esters is 1. The fourth-order valence-electron chi connectivity index (χ4n) is 5.49. The molecule has 1 fully saturated rings. The maximum absolute atomic E-state index is 14.2. The van der Waals surface area contributed by atoms with Gasteiger partial charge in [0.05, 0.1) is 33.5 Å². The molecule has 0 saturated heterocycles. The minimum Gasteiger partial charge on any atom is -0.497 e. The molecule has 0 unspecified atom stereocenters. The number of carbonyl (C=O) groups excluding carboxylic acids is 2. The molecule has 1 aliphatic rings. The van der Waals surface area contributed by atoms with Crippen molar-refractivity contribution < 1.29 is 23.8 Å². The van der Waals surface area contributed by atoms with Crippen molar-refractivity contribution in [3.8, 4) is 5.75 Å². The summed E-state index contributed by atoms with van der Waals surface area (Å²) in [5.41, 5.74) is 5.56. The molecule has 4 rings (SSSR count). The normalized spacial score (nSPS) is 16.7. The Labute approximate surface area is 261 Å². The molecule has 0 radical (unpaired) electrons. The first kappa shape index (κ1) is 32.9. The third kappa shape index (κ3) is 9.49. The number of carbonyl (C=O) groups is 2. The van der Waals surface area contributed by atoms with Gasteiger partial charge in [-0.15, -0.1) is 0 Å². The zero-order valence-corrected chi connectivity index (χ0v) is 26.6. The van der Waals surface area contributed by atoms with E-state index in [4.69, 9.17) is 19.2 Å². The molecule has 0 N–H and O–H groups in total. The number of methoxy groups -OCH3 is 2. The van der Waals surface area contributed by atoms with Crippen molar-refractivity contribution in [3.63, 3.8) is 0 Å². The zero-order chi connectivity index (χ0) is 31.5. The van der Waals surface area contributed by atoms with Gasteiger partial charge in [-0.05, 0) is 99.8 Å². The average molecular weight is 600 g/mol. The number of aromatic nitrogens is 1. The smallest absolute Gasteiger partial charge is 0.330 e. The standard InChI is InChI=1S/C36H45N3O5/c1-26-30(13-16-31(37-26)22-28-9-7-11-34(24-28)42-4)25-39(32-10-6-8-27(23-32)12-19-35(40)43-5)36(41)29-14-17-33(18-15-29)44-21-20-38(2)3/h6-13,16,19,23-24,29,33H,14-15,17-18,20-22,25H2,1-5H3/b19-12+. The molecule has 8 nitrogen and oxygen atoms in total. The molecule has 0 aliphatic heterocycles. The lowest BCUT2D eigenvalue weighted by Crippen LogP contribution is -2.39. The number of anilines is 1. The van der Waals surface area contributed by atoms with Crippen molar-refractivity contribution in [2.24, 2.45) is 5.92 Å². The van der Waals surface area contributed by atoms with Crippen molar-refractivity contribution in [2.75, 3.05) is 46.4 Å². The predicted octanol–water partition coefficient (Wildman–Crippen LogP) is 5.85. The number of benzene rings is 2. The van der Waals surface area contributed by atoms with Crippen LogP contribution in [-0.4, -0.2) is 69.3 Å². The maximum Gasteiger partial charge on any atom is 0.330 e. The molecule has 0 atom stereocenters. The lowest BCUT2D eigenvalue weighted by Gasteiger charge is -2.33. The molecule has 1 heterocycles. The fourth-order valence-corrected chi connectivity index (χ4v) is 5.49. The van der Waals surface area contributed by atoms with Gasteiger partial charge >= 0.3 is 5.97 Å². The van der Waals surface area contributed by atoms with E-state index in [2.05, 4.69) is 17.0 Å². The molecule has 1 aromatic heterocycles. The van der Waals surface area contributed by atoms with Crippen LogP contribution in [0.5, 0.6) is 5.75 Å². The summed E-state index contributed by atoms with van der Waals surface area (Å²) < 4.78 is 16.2. The number of amides is 1. The Bertz CT molecular complexity index is 1430. The van der Waals surface area contributed by atoms with Crippen LogP contribution >= 0.6 is 0 Å². The highest BCUT2D eigenvalue weighted by atomic mass is 16.5. The molecule has 0 spiro atoms. The molecule has 1 saturated carbocycles. The van der Waals surface area contributed by atoms with Gasteiger partial charge in [0.15, 0.2) is 0 Å². The van der Waals surface area contributed by atoms with E-state index in [1.54, 1.807) is 13.2 Å². The number of likely N-dealkylation sites (N-methyl/N-ethyl adjacent to an activating group) is 1. The van der Waals surface area contributed by atoms with E-state index in [0.29, 0.717) is 19.6 Å². The maximum atomic E-state index is 14.2. The summed E-state index contributed by atoms with van der Waals surface area (Å²) in [7, 11) is 7.10. The van der Waals surface area contributed by atoms with E-state index in [9.17, 15) is 9.59 Å². The Morgan fingerprint density at radius 3 is 2.45 bits per heavy atom. The lowest BCUT2D eigenvalue weighted by molar-refractivity contribution is -0.134. The van der Waals surface area contributed by atoms with Crippen LogP contribution < -0.4 is 9.64 Å². The largest absolute Gasteiger partial charge is 0.497 e. The first-order valence-electron chi connectivity index (χ1n) is 15.3. The summed E-state index contributed by atoms with van der Waals surface area (Å²) in [5.74, 6) is 0.413. The van der Waals surface area contributed by atoms with Crippen molar-refractivity contribution in [3.05, 3.63) is 94.8 Å². The van der Waals surface area contributed by atoms with Crippen LogP contribution in [-0.2, 0) is 32.0 Å². The second-order valence-electron chi connectivity index (χ2n) is 11.6. The van der Waals surface area contributed by atoms with Gasteiger partial charge in [0.2, 0.25) is 5.91 Å². The Hall–Kier alpha value is -4.01. The number of hydrogen-bond acceptors (Lipinski definition) is 7. The molecule has 1 aliphatic carbocycles. The molecule has 2 aromatic carbocycles. The Kier molecular flexibility index (Phi) is 12.1. The van der Waals surface area contributed by atoms with Crippen LogP contribution in [0.3, 0.4) is 0 Å². The molecule has 3 aromatic rings. The van der Waals surface area contributed by atoms with Gasteiger partial charge in [-0.25, -0.2) is 4.79 Å². The van der Waals surface area contributed by atoms with Gasteiger partial charge in [-0.2, -0.15) is 0 Å². The summed E-state index contributed by atoms with van der Waals surface area (Å²) in [6.07, 6.45) is 7.31. The number of nitrogens with zero attached hydrogens (tertiary/aromatic N) is 3. The van der Waals surface area contributed by atoms with E-state index in [-0.39, 0.29) is 17.9 Å². The topological polar surface area (TPSA) is 81.2 Å². The zero-order valence-electron chi connectivity index (χ0n) is 26.6. The Morgan fingerprint density at radius 2 is 1.75 bits per heavy atom. The molecular formula is C36H45N3O5. The van der Waals surface area contributed by atoms with Gasteiger partial charge in [-0.3, -0.25) is 9.78 Å². The summed E-state index contributed by atoms with van der Waals surface area (Å²) in [6.45, 7) is 3.99. The predicted molar refractivity (Wildman–Crippen MR) is 174 cm³/mol.